The molecule has 1 heterocycles. The zero-order valence-electron chi connectivity index (χ0n) is 16.2. The number of hydrogen-bond acceptors (Lipinski definition) is 5. The third kappa shape index (κ3) is 5.71. The van der Waals surface area contributed by atoms with E-state index in [1.54, 1.807) is 13.2 Å². The molecule has 0 unspecified atom stereocenters. The van der Waals surface area contributed by atoms with Crippen molar-refractivity contribution in [2.45, 2.75) is 39.1 Å². The van der Waals surface area contributed by atoms with Gasteiger partial charge in [-0.3, -0.25) is 0 Å². The summed E-state index contributed by atoms with van der Waals surface area (Å²) in [6.45, 7) is 7.30. The van der Waals surface area contributed by atoms with E-state index in [0.29, 0.717) is 13.2 Å². The van der Waals surface area contributed by atoms with Crippen molar-refractivity contribution in [3.8, 4) is 5.75 Å². The number of allylic oxidation sites excluding steroid dienone is 2. The van der Waals surface area contributed by atoms with Crippen LogP contribution in [-0.4, -0.2) is 38.5 Å². The molecule has 1 saturated heterocycles. The lowest BCUT2D eigenvalue weighted by atomic mass is 9.96. The van der Waals surface area contributed by atoms with Crippen molar-refractivity contribution in [2.24, 2.45) is 5.92 Å². The van der Waals surface area contributed by atoms with E-state index >= 15 is 0 Å². The molecule has 1 aliphatic rings. The van der Waals surface area contributed by atoms with E-state index in [9.17, 15) is 4.79 Å². The van der Waals surface area contributed by atoms with Crippen LogP contribution in [0.1, 0.15) is 26.3 Å². The third-order valence-electron chi connectivity index (χ3n) is 4.41. The van der Waals surface area contributed by atoms with Gasteiger partial charge in [-0.1, -0.05) is 30.7 Å². The standard InChI is InChI=1S/C21H28O5/c1-15(6-11-19(22)24-5)12-21(3)20(26-21)16(2)13-25-14-17-7-9-18(23-4)10-8-17/h6-12,16,20H,13-14H2,1-5H3/b11-6+,15-12+/t16-,20+,21+/m0/s1. The molecule has 142 valence electrons. The van der Waals surface area contributed by atoms with E-state index in [-0.39, 0.29) is 23.6 Å². The topological polar surface area (TPSA) is 57.3 Å². The molecule has 0 saturated carbocycles. The van der Waals surface area contributed by atoms with E-state index in [1.807, 2.05) is 44.2 Å². The van der Waals surface area contributed by atoms with Gasteiger partial charge in [-0.15, -0.1) is 0 Å². The van der Waals surface area contributed by atoms with Gasteiger partial charge in [-0.2, -0.15) is 0 Å². The molecule has 3 atom stereocenters. The van der Waals surface area contributed by atoms with E-state index in [1.165, 1.54) is 13.2 Å². The molecule has 5 heteroatoms. The largest absolute Gasteiger partial charge is 0.497 e. The number of carbonyl (C=O) groups is 1. The molecule has 0 radical (unpaired) electrons. The van der Waals surface area contributed by atoms with Crippen LogP contribution in [0.2, 0.25) is 0 Å². The molecular formula is C21H28O5. The van der Waals surface area contributed by atoms with Gasteiger partial charge in [0.25, 0.3) is 0 Å². The summed E-state index contributed by atoms with van der Waals surface area (Å²) in [6, 6.07) is 7.86. The van der Waals surface area contributed by atoms with Crippen LogP contribution < -0.4 is 4.74 Å². The van der Waals surface area contributed by atoms with Gasteiger partial charge in [-0.05, 0) is 37.6 Å². The number of benzene rings is 1. The van der Waals surface area contributed by atoms with Crippen LogP contribution in [0.3, 0.4) is 0 Å². The smallest absolute Gasteiger partial charge is 0.330 e. The summed E-state index contributed by atoms with van der Waals surface area (Å²) < 4.78 is 21.5. The van der Waals surface area contributed by atoms with E-state index in [2.05, 4.69) is 11.7 Å². The Morgan fingerprint density at radius 3 is 2.58 bits per heavy atom. The van der Waals surface area contributed by atoms with Crippen molar-refractivity contribution < 1.29 is 23.7 Å². The molecule has 0 aliphatic carbocycles. The minimum atomic E-state index is -0.364. The highest BCUT2D eigenvalue weighted by molar-refractivity contribution is 5.82. The van der Waals surface area contributed by atoms with Crippen LogP contribution in [0.4, 0.5) is 0 Å². The second-order valence-corrected chi connectivity index (χ2v) is 6.81. The maximum Gasteiger partial charge on any atom is 0.330 e. The fourth-order valence-corrected chi connectivity index (χ4v) is 2.98. The second kappa shape index (κ2) is 9.01. The second-order valence-electron chi connectivity index (χ2n) is 6.81. The summed E-state index contributed by atoms with van der Waals surface area (Å²) in [5, 5.41) is 0. The maximum absolute atomic E-state index is 11.2. The Balaban J connectivity index is 1.78. The molecule has 5 nitrogen and oxygen atoms in total. The highest BCUT2D eigenvalue weighted by atomic mass is 16.6. The molecular weight excluding hydrogens is 332 g/mol. The third-order valence-corrected chi connectivity index (χ3v) is 4.41. The Bertz CT molecular complexity index is 661. The zero-order valence-corrected chi connectivity index (χ0v) is 16.2. The summed E-state index contributed by atoms with van der Waals surface area (Å²) in [6.07, 6.45) is 5.30. The average molecular weight is 360 g/mol. The first kappa shape index (κ1) is 20.2. The zero-order chi connectivity index (χ0) is 19.2. The van der Waals surface area contributed by atoms with Crippen LogP contribution in [0.5, 0.6) is 5.75 Å². The fourth-order valence-electron chi connectivity index (χ4n) is 2.98. The van der Waals surface area contributed by atoms with Gasteiger partial charge in [-0.25, -0.2) is 4.79 Å². The van der Waals surface area contributed by atoms with Crippen LogP contribution in [0.15, 0.2) is 48.1 Å². The quantitative estimate of drug-likeness (QED) is 0.291. The molecule has 0 spiro atoms. The lowest BCUT2D eigenvalue weighted by Gasteiger charge is -2.11. The summed E-state index contributed by atoms with van der Waals surface area (Å²) in [5.74, 6) is 0.746. The minimum Gasteiger partial charge on any atom is -0.497 e. The van der Waals surface area contributed by atoms with Gasteiger partial charge in [0.15, 0.2) is 0 Å². The number of methoxy groups -OCH3 is 2. The normalized spacial score (nSPS) is 23.7. The van der Waals surface area contributed by atoms with Crippen molar-refractivity contribution in [3.05, 3.63) is 53.6 Å². The molecule has 1 aliphatic heterocycles. The number of epoxide rings is 1. The summed E-state index contributed by atoms with van der Waals surface area (Å²) in [5.41, 5.74) is 1.76. The van der Waals surface area contributed by atoms with Crippen molar-refractivity contribution in [3.63, 3.8) is 0 Å². The number of hydrogen-bond donors (Lipinski definition) is 0. The Kier molecular flexibility index (Phi) is 7.00. The Hall–Kier alpha value is -2.11. The van der Waals surface area contributed by atoms with Gasteiger partial charge >= 0.3 is 5.97 Å². The highest BCUT2D eigenvalue weighted by Gasteiger charge is 2.53. The number of esters is 1. The van der Waals surface area contributed by atoms with Crippen LogP contribution >= 0.6 is 0 Å². The molecule has 26 heavy (non-hydrogen) atoms. The number of ether oxygens (including phenoxy) is 4. The number of carbonyl (C=O) groups excluding carboxylic acids is 1. The number of rotatable bonds is 9. The Morgan fingerprint density at radius 1 is 1.27 bits per heavy atom. The summed E-state index contributed by atoms with van der Waals surface area (Å²) >= 11 is 0. The Labute approximate surface area is 155 Å². The molecule has 1 fully saturated rings. The minimum absolute atomic E-state index is 0.111. The van der Waals surface area contributed by atoms with Crippen molar-refractivity contribution in [1.29, 1.82) is 0 Å². The van der Waals surface area contributed by atoms with Crippen molar-refractivity contribution in [1.82, 2.24) is 0 Å². The first-order valence-corrected chi connectivity index (χ1v) is 8.72. The highest BCUT2D eigenvalue weighted by Crippen LogP contribution is 2.43. The lowest BCUT2D eigenvalue weighted by molar-refractivity contribution is -0.134. The predicted molar refractivity (Wildman–Crippen MR) is 100 cm³/mol. The molecule has 2 rings (SSSR count). The molecule has 0 N–H and O–H groups in total. The first-order chi connectivity index (χ1) is 12.4. The van der Waals surface area contributed by atoms with Crippen LogP contribution in [-0.2, 0) is 25.6 Å². The lowest BCUT2D eigenvalue weighted by Crippen LogP contribution is -2.18. The fraction of sp³-hybridized carbons (Fsp3) is 0.476. The Morgan fingerprint density at radius 2 is 1.96 bits per heavy atom. The molecule has 0 aromatic heterocycles. The van der Waals surface area contributed by atoms with E-state index < -0.39 is 0 Å². The molecule has 0 bridgehead atoms. The van der Waals surface area contributed by atoms with Crippen LogP contribution in [0, 0.1) is 5.92 Å². The average Bonchev–Trinajstić information content (AvgIpc) is 3.31. The van der Waals surface area contributed by atoms with Gasteiger partial charge < -0.3 is 18.9 Å². The predicted octanol–water partition coefficient (Wildman–Crippen LogP) is 3.68. The maximum atomic E-state index is 11.2. The SMILES string of the molecule is COC(=O)/C=C/C(C)=C/[C@@]1(C)O[C@@H]1[C@@H](C)COCc1ccc(OC)cc1. The van der Waals surface area contributed by atoms with E-state index in [0.717, 1.165) is 16.9 Å². The van der Waals surface area contributed by atoms with Gasteiger partial charge in [0.05, 0.1) is 33.5 Å². The first-order valence-electron chi connectivity index (χ1n) is 8.72. The summed E-state index contributed by atoms with van der Waals surface area (Å²) in [7, 11) is 3.02. The van der Waals surface area contributed by atoms with Gasteiger partial charge in [0, 0.05) is 12.0 Å². The molecule has 1 aromatic rings. The van der Waals surface area contributed by atoms with Crippen LogP contribution in [0.25, 0.3) is 0 Å². The van der Waals surface area contributed by atoms with E-state index in [4.69, 9.17) is 14.2 Å². The molecule has 1 aromatic carbocycles. The van der Waals surface area contributed by atoms with Gasteiger partial charge in [0.1, 0.15) is 11.4 Å². The van der Waals surface area contributed by atoms with Gasteiger partial charge in [0.2, 0.25) is 0 Å². The summed E-state index contributed by atoms with van der Waals surface area (Å²) in [4.78, 5) is 11.2. The van der Waals surface area contributed by atoms with Crippen molar-refractivity contribution >= 4 is 5.97 Å². The monoisotopic (exact) mass is 360 g/mol. The van der Waals surface area contributed by atoms with Crippen molar-refractivity contribution in [2.75, 3.05) is 20.8 Å². The molecule has 0 amide bonds.